The Morgan fingerprint density at radius 3 is 2.94 bits per heavy atom. The standard InChI is InChI=1S/C13H13N3S/c1-10(13-4-2-3-7-15-13)16-9-12-6-5-11(8-14)17-12/h2-7,10,16H,9H2,1H3. The summed E-state index contributed by atoms with van der Waals surface area (Å²) in [5, 5.41) is 12.1. The van der Waals surface area contributed by atoms with Crippen LogP contribution in [-0.4, -0.2) is 4.98 Å². The fourth-order valence-corrected chi connectivity index (χ4v) is 2.28. The minimum absolute atomic E-state index is 0.212. The number of aromatic nitrogens is 1. The van der Waals surface area contributed by atoms with E-state index in [2.05, 4.69) is 23.3 Å². The average Bonchev–Trinajstić information content (AvgIpc) is 2.85. The van der Waals surface area contributed by atoms with Crippen molar-refractivity contribution in [2.45, 2.75) is 19.5 Å². The first-order valence-corrected chi connectivity index (χ1v) is 6.24. The van der Waals surface area contributed by atoms with Crippen LogP contribution in [0.15, 0.2) is 36.5 Å². The summed E-state index contributed by atoms with van der Waals surface area (Å²) in [6.45, 7) is 2.85. The quantitative estimate of drug-likeness (QED) is 0.898. The summed E-state index contributed by atoms with van der Waals surface area (Å²) in [6.07, 6.45) is 1.80. The van der Waals surface area contributed by atoms with E-state index in [1.165, 1.54) is 16.2 Å². The number of thiophene rings is 1. The van der Waals surface area contributed by atoms with E-state index < -0.39 is 0 Å². The first-order valence-electron chi connectivity index (χ1n) is 5.42. The third-order valence-electron chi connectivity index (χ3n) is 2.49. The van der Waals surface area contributed by atoms with Gasteiger partial charge in [-0.05, 0) is 31.2 Å². The molecule has 0 amide bonds. The van der Waals surface area contributed by atoms with Crippen LogP contribution in [0.2, 0.25) is 0 Å². The lowest BCUT2D eigenvalue weighted by molar-refractivity contribution is 0.565. The zero-order chi connectivity index (χ0) is 12.1. The predicted molar refractivity (Wildman–Crippen MR) is 68.5 cm³/mol. The van der Waals surface area contributed by atoms with E-state index in [1.807, 2.05) is 30.3 Å². The lowest BCUT2D eigenvalue weighted by atomic mass is 10.2. The maximum atomic E-state index is 8.74. The fourth-order valence-electron chi connectivity index (χ4n) is 1.52. The van der Waals surface area contributed by atoms with Crippen molar-refractivity contribution in [1.29, 1.82) is 5.26 Å². The van der Waals surface area contributed by atoms with Gasteiger partial charge in [0, 0.05) is 23.7 Å². The van der Waals surface area contributed by atoms with Crippen molar-refractivity contribution in [3.63, 3.8) is 0 Å². The molecule has 1 atom stereocenters. The topological polar surface area (TPSA) is 48.7 Å². The van der Waals surface area contributed by atoms with Crippen molar-refractivity contribution in [2.75, 3.05) is 0 Å². The minimum Gasteiger partial charge on any atom is -0.304 e. The van der Waals surface area contributed by atoms with Crippen molar-refractivity contribution in [3.05, 3.63) is 52.0 Å². The van der Waals surface area contributed by atoms with Gasteiger partial charge in [0.15, 0.2) is 0 Å². The number of nitrogens with one attached hydrogen (secondary N) is 1. The largest absolute Gasteiger partial charge is 0.304 e. The zero-order valence-corrected chi connectivity index (χ0v) is 10.4. The SMILES string of the molecule is CC(NCc1ccc(C#N)s1)c1ccccn1. The Balaban J connectivity index is 1.92. The summed E-state index contributed by atoms with van der Waals surface area (Å²) >= 11 is 1.53. The van der Waals surface area contributed by atoms with Crippen molar-refractivity contribution in [1.82, 2.24) is 10.3 Å². The van der Waals surface area contributed by atoms with Crippen LogP contribution in [0.5, 0.6) is 0 Å². The molecule has 0 fully saturated rings. The molecule has 17 heavy (non-hydrogen) atoms. The van der Waals surface area contributed by atoms with Crippen LogP contribution in [0.25, 0.3) is 0 Å². The summed E-state index contributed by atoms with van der Waals surface area (Å²) < 4.78 is 0. The van der Waals surface area contributed by atoms with Crippen LogP contribution in [0.4, 0.5) is 0 Å². The highest BCUT2D eigenvalue weighted by molar-refractivity contribution is 7.12. The molecule has 1 unspecified atom stereocenters. The van der Waals surface area contributed by atoms with Gasteiger partial charge in [0.2, 0.25) is 0 Å². The Bertz CT molecular complexity index is 513. The van der Waals surface area contributed by atoms with E-state index in [-0.39, 0.29) is 6.04 Å². The molecule has 1 N–H and O–H groups in total. The number of pyridine rings is 1. The average molecular weight is 243 g/mol. The maximum absolute atomic E-state index is 8.74. The Hall–Kier alpha value is -1.70. The monoisotopic (exact) mass is 243 g/mol. The molecule has 2 aromatic rings. The molecule has 0 bridgehead atoms. The highest BCUT2D eigenvalue weighted by Gasteiger charge is 2.06. The molecule has 86 valence electrons. The highest BCUT2D eigenvalue weighted by Crippen LogP contribution is 2.16. The van der Waals surface area contributed by atoms with Gasteiger partial charge in [-0.3, -0.25) is 4.98 Å². The van der Waals surface area contributed by atoms with E-state index >= 15 is 0 Å². The lowest BCUT2D eigenvalue weighted by Gasteiger charge is -2.11. The molecule has 2 aromatic heterocycles. The third-order valence-corrected chi connectivity index (χ3v) is 3.48. The third kappa shape index (κ3) is 3.13. The normalized spacial score (nSPS) is 12.0. The van der Waals surface area contributed by atoms with Crippen LogP contribution in [0.3, 0.4) is 0 Å². The minimum atomic E-state index is 0.212. The van der Waals surface area contributed by atoms with Gasteiger partial charge in [-0.15, -0.1) is 11.3 Å². The predicted octanol–water partition coefficient (Wildman–Crippen LogP) is 2.87. The number of hydrogen-bond acceptors (Lipinski definition) is 4. The number of hydrogen-bond donors (Lipinski definition) is 1. The van der Waals surface area contributed by atoms with E-state index in [0.717, 1.165) is 17.1 Å². The maximum Gasteiger partial charge on any atom is 0.110 e. The van der Waals surface area contributed by atoms with Gasteiger partial charge in [-0.25, -0.2) is 0 Å². The number of rotatable bonds is 4. The van der Waals surface area contributed by atoms with Crippen LogP contribution in [0, 0.1) is 11.3 Å². The Labute approximate surface area is 105 Å². The van der Waals surface area contributed by atoms with Crippen molar-refractivity contribution >= 4 is 11.3 Å². The smallest absolute Gasteiger partial charge is 0.110 e. The molecule has 3 nitrogen and oxygen atoms in total. The van der Waals surface area contributed by atoms with Gasteiger partial charge in [0.05, 0.1) is 5.69 Å². The zero-order valence-electron chi connectivity index (χ0n) is 9.55. The summed E-state index contributed by atoms with van der Waals surface area (Å²) in [6, 6.07) is 12.1. The fraction of sp³-hybridized carbons (Fsp3) is 0.231. The van der Waals surface area contributed by atoms with Crippen LogP contribution < -0.4 is 5.32 Å². The molecule has 2 rings (SSSR count). The molecule has 0 aromatic carbocycles. The molecule has 0 aliphatic rings. The Morgan fingerprint density at radius 1 is 1.41 bits per heavy atom. The molecule has 0 aliphatic carbocycles. The number of nitrogens with zero attached hydrogens (tertiary/aromatic N) is 2. The second-order valence-corrected chi connectivity index (χ2v) is 4.90. The van der Waals surface area contributed by atoms with Crippen molar-refractivity contribution < 1.29 is 0 Å². The van der Waals surface area contributed by atoms with Gasteiger partial charge < -0.3 is 5.32 Å². The Kier molecular flexibility index (Phi) is 3.86. The summed E-state index contributed by atoms with van der Waals surface area (Å²) in [5.41, 5.74) is 1.03. The van der Waals surface area contributed by atoms with E-state index in [4.69, 9.17) is 5.26 Å². The van der Waals surface area contributed by atoms with E-state index in [0.29, 0.717) is 0 Å². The second-order valence-electron chi connectivity index (χ2n) is 3.73. The Morgan fingerprint density at radius 2 is 2.29 bits per heavy atom. The van der Waals surface area contributed by atoms with Gasteiger partial charge in [-0.1, -0.05) is 6.07 Å². The van der Waals surface area contributed by atoms with Crippen LogP contribution in [0.1, 0.15) is 28.4 Å². The van der Waals surface area contributed by atoms with Crippen molar-refractivity contribution in [2.24, 2.45) is 0 Å². The molecule has 2 heterocycles. The molecule has 0 aliphatic heterocycles. The molecule has 4 heteroatoms. The first-order chi connectivity index (χ1) is 8.29. The van der Waals surface area contributed by atoms with Crippen molar-refractivity contribution in [3.8, 4) is 6.07 Å². The first kappa shape index (κ1) is 11.8. The molecule has 0 spiro atoms. The van der Waals surface area contributed by atoms with E-state index in [1.54, 1.807) is 6.20 Å². The van der Waals surface area contributed by atoms with Gasteiger partial charge in [0.25, 0.3) is 0 Å². The van der Waals surface area contributed by atoms with Gasteiger partial charge in [-0.2, -0.15) is 5.26 Å². The molecule has 0 radical (unpaired) electrons. The molecule has 0 saturated carbocycles. The van der Waals surface area contributed by atoms with E-state index in [9.17, 15) is 0 Å². The summed E-state index contributed by atoms with van der Waals surface area (Å²) in [5.74, 6) is 0. The lowest BCUT2D eigenvalue weighted by Crippen LogP contribution is -2.18. The van der Waals surface area contributed by atoms with Crippen LogP contribution >= 0.6 is 11.3 Å². The van der Waals surface area contributed by atoms with Crippen LogP contribution in [-0.2, 0) is 6.54 Å². The summed E-state index contributed by atoms with van der Waals surface area (Å²) in [7, 11) is 0. The van der Waals surface area contributed by atoms with Gasteiger partial charge >= 0.3 is 0 Å². The molecular formula is C13H13N3S. The number of nitriles is 1. The second kappa shape index (κ2) is 5.58. The molecular weight excluding hydrogens is 230 g/mol. The van der Waals surface area contributed by atoms with Gasteiger partial charge in [0.1, 0.15) is 10.9 Å². The summed E-state index contributed by atoms with van der Waals surface area (Å²) in [4.78, 5) is 6.23. The highest BCUT2D eigenvalue weighted by atomic mass is 32.1. The molecule has 0 saturated heterocycles.